The van der Waals surface area contributed by atoms with Gasteiger partial charge in [0.15, 0.2) is 0 Å². The van der Waals surface area contributed by atoms with Gasteiger partial charge in [0.1, 0.15) is 0 Å². The molecule has 0 aliphatic heterocycles. The third-order valence-electron chi connectivity index (χ3n) is 0.703. The number of rotatable bonds is 3. The van der Waals surface area contributed by atoms with Gasteiger partial charge in [-0.3, -0.25) is 9.11 Å². The first-order chi connectivity index (χ1) is 4.62. The molecular weight excluding hydrogens is 154 g/mol. The van der Waals surface area contributed by atoms with Crippen LogP contribution in [-0.4, -0.2) is 33.6 Å². The lowest BCUT2D eigenvalue weighted by molar-refractivity contribution is 0.313. The van der Waals surface area contributed by atoms with Crippen LogP contribution in [0.25, 0.3) is 0 Å². The van der Waals surface area contributed by atoms with Gasteiger partial charge in [0.05, 0.1) is 12.4 Å². The highest BCUT2D eigenvalue weighted by atomic mass is 32.3. The Hall–Kier alpha value is 0.190. The van der Waals surface area contributed by atoms with E-state index in [2.05, 4.69) is 4.72 Å². The van der Waals surface area contributed by atoms with Gasteiger partial charge in [-0.2, -0.15) is 0 Å². The van der Waals surface area contributed by atoms with Gasteiger partial charge in [0, 0.05) is 7.05 Å². The Morgan fingerprint density at radius 1 is 1.30 bits per heavy atom. The SMILES string of the molecule is CC.CNS(O)(O)CCO. The summed E-state index contributed by atoms with van der Waals surface area (Å²) >= 11 is 0. The summed E-state index contributed by atoms with van der Waals surface area (Å²) in [6.07, 6.45) is 0. The average Bonchev–Trinajstić information content (AvgIpc) is 1.93. The zero-order valence-electron chi connectivity index (χ0n) is 6.66. The van der Waals surface area contributed by atoms with E-state index in [-0.39, 0.29) is 12.4 Å². The zero-order chi connectivity index (χ0) is 8.62. The zero-order valence-corrected chi connectivity index (χ0v) is 7.48. The molecule has 4 N–H and O–H groups in total. The van der Waals surface area contributed by atoms with Crippen molar-refractivity contribution in [3.63, 3.8) is 0 Å². The lowest BCUT2D eigenvalue weighted by Crippen LogP contribution is -2.19. The van der Waals surface area contributed by atoms with E-state index in [9.17, 15) is 0 Å². The molecular formula is C5H17NO3S. The highest BCUT2D eigenvalue weighted by Gasteiger charge is 2.04. The Morgan fingerprint density at radius 2 is 1.70 bits per heavy atom. The highest BCUT2D eigenvalue weighted by molar-refractivity contribution is 8.22. The van der Waals surface area contributed by atoms with Gasteiger partial charge in [0.2, 0.25) is 0 Å². The molecule has 0 aliphatic rings. The Balaban J connectivity index is 0. The molecule has 5 heteroatoms. The largest absolute Gasteiger partial charge is 0.395 e. The first kappa shape index (κ1) is 12.8. The molecule has 0 amide bonds. The van der Waals surface area contributed by atoms with Crippen molar-refractivity contribution in [3.05, 3.63) is 0 Å². The van der Waals surface area contributed by atoms with E-state index in [1.54, 1.807) is 0 Å². The fourth-order valence-corrected chi connectivity index (χ4v) is 0.688. The van der Waals surface area contributed by atoms with Gasteiger partial charge < -0.3 is 5.11 Å². The van der Waals surface area contributed by atoms with Crippen molar-refractivity contribution in [3.8, 4) is 0 Å². The molecule has 66 valence electrons. The summed E-state index contributed by atoms with van der Waals surface area (Å²) in [4.78, 5) is 0. The standard InChI is InChI=1S/C3H11NO3S.C2H6/c1-4-8(6,7)3-2-5;1-2/h4-7H,2-3H2,1H3;1-2H3. The van der Waals surface area contributed by atoms with E-state index in [4.69, 9.17) is 14.2 Å². The molecule has 0 aliphatic carbocycles. The second-order valence-electron chi connectivity index (χ2n) is 1.30. The van der Waals surface area contributed by atoms with Crippen LogP contribution in [0.1, 0.15) is 13.8 Å². The van der Waals surface area contributed by atoms with Gasteiger partial charge in [-0.1, -0.05) is 13.8 Å². The summed E-state index contributed by atoms with van der Waals surface area (Å²) in [7, 11) is -1.23. The topological polar surface area (TPSA) is 72.7 Å². The first-order valence-corrected chi connectivity index (χ1v) is 4.89. The molecule has 0 atom stereocenters. The fourth-order valence-electron chi connectivity index (χ4n) is 0.229. The maximum atomic E-state index is 8.69. The number of aliphatic hydroxyl groups excluding tert-OH is 1. The molecule has 0 saturated carbocycles. The third kappa shape index (κ3) is 8.19. The molecule has 0 aromatic rings. The van der Waals surface area contributed by atoms with Crippen molar-refractivity contribution in [2.45, 2.75) is 13.8 Å². The lowest BCUT2D eigenvalue weighted by Gasteiger charge is -2.29. The fraction of sp³-hybridized carbons (Fsp3) is 1.00. The van der Waals surface area contributed by atoms with Crippen LogP contribution in [0.15, 0.2) is 0 Å². The second kappa shape index (κ2) is 7.30. The van der Waals surface area contributed by atoms with Crippen LogP contribution in [0.5, 0.6) is 0 Å². The van der Waals surface area contributed by atoms with Gasteiger partial charge in [0.25, 0.3) is 0 Å². The summed E-state index contributed by atoms with van der Waals surface area (Å²) in [5.41, 5.74) is 0. The first-order valence-electron chi connectivity index (χ1n) is 3.17. The predicted molar refractivity (Wildman–Crippen MR) is 45.2 cm³/mol. The molecule has 0 saturated heterocycles. The lowest BCUT2D eigenvalue weighted by atomic mass is 10.9. The van der Waals surface area contributed by atoms with Gasteiger partial charge >= 0.3 is 0 Å². The minimum absolute atomic E-state index is 0.00347. The van der Waals surface area contributed by atoms with Gasteiger partial charge in [-0.15, -0.1) is 10.8 Å². The number of nitrogens with one attached hydrogen (secondary N) is 1. The van der Waals surface area contributed by atoms with Crippen molar-refractivity contribution in [2.75, 3.05) is 19.4 Å². The van der Waals surface area contributed by atoms with Crippen molar-refractivity contribution >= 4 is 10.8 Å². The van der Waals surface area contributed by atoms with E-state index in [1.165, 1.54) is 7.05 Å². The predicted octanol–water partition coefficient (Wildman–Crippen LogP) is 0.890. The van der Waals surface area contributed by atoms with Crippen LogP contribution >= 0.6 is 10.8 Å². The molecule has 0 spiro atoms. The van der Waals surface area contributed by atoms with Crippen LogP contribution in [0.3, 0.4) is 0 Å². The maximum Gasteiger partial charge on any atom is 0.0759 e. The van der Waals surface area contributed by atoms with E-state index in [0.717, 1.165) is 0 Å². The molecule has 0 unspecified atom stereocenters. The Labute approximate surface area is 63.7 Å². The van der Waals surface area contributed by atoms with Crippen molar-refractivity contribution in [1.82, 2.24) is 4.72 Å². The van der Waals surface area contributed by atoms with Crippen molar-refractivity contribution in [2.24, 2.45) is 0 Å². The van der Waals surface area contributed by atoms with Crippen LogP contribution < -0.4 is 4.72 Å². The number of hydrogen-bond acceptors (Lipinski definition) is 4. The van der Waals surface area contributed by atoms with E-state index in [0.29, 0.717) is 0 Å². The third-order valence-corrected chi connectivity index (χ3v) is 2.11. The summed E-state index contributed by atoms with van der Waals surface area (Å²) in [5.74, 6) is 0.00347. The monoisotopic (exact) mass is 171 g/mol. The quantitative estimate of drug-likeness (QED) is 0.509. The average molecular weight is 171 g/mol. The Morgan fingerprint density at radius 3 is 1.80 bits per heavy atom. The van der Waals surface area contributed by atoms with Gasteiger partial charge in [-0.05, 0) is 0 Å². The van der Waals surface area contributed by atoms with Crippen LogP contribution in [0.4, 0.5) is 0 Å². The maximum absolute atomic E-state index is 8.69. The molecule has 4 nitrogen and oxygen atoms in total. The van der Waals surface area contributed by atoms with Crippen LogP contribution in [0.2, 0.25) is 0 Å². The van der Waals surface area contributed by atoms with Crippen molar-refractivity contribution < 1.29 is 14.2 Å². The highest BCUT2D eigenvalue weighted by Crippen LogP contribution is 2.30. The smallest absolute Gasteiger partial charge is 0.0759 e. The minimum Gasteiger partial charge on any atom is -0.395 e. The van der Waals surface area contributed by atoms with Crippen LogP contribution in [0, 0.1) is 0 Å². The van der Waals surface area contributed by atoms with E-state index in [1.807, 2.05) is 13.8 Å². The molecule has 10 heavy (non-hydrogen) atoms. The summed E-state index contributed by atoms with van der Waals surface area (Å²) in [6, 6.07) is 0. The van der Waals surface area contributed by atoms with E-state index < -0.39 is 10.8 Å². The van der Waals surface area contributed by atoms with Crippen LogP contribution in [-0.2, 0) is 0 Å². The Bertz CT molecular complexity index is 69.9. The molecule has 0 aromatic carbocycles. The normalized spacial score (nSPS) is 11.8. The second-order valence-corrected chi connectivity index (χ2v) is 3.45. The van der Waals surface area contributed by atoms with E-state index >= 15 is 0 Å². The molecule has 0 fully saturated rings. The van der Waals surface area contributed by atoms with Gasteiger partial charge in [-0.25, -0.2) is 4.72 Å². The molecule has 0 radical (unpaired) electrons. The molecule has 0 bridgehead atoms. The van der Waals surface area contributed by atoms with Crippen molar-refractivity contribution in [1.29, 1.82) is 0 Å². The number of hydrogen-bond donors (Lipinski definition) is 4. The summed E-state index contributed by atoms with van der Waals surface area (Å²) in [5, 5.41) is 8.19. The molecule has 0 aromatic heterocycles. The summed E-state index contributed by atoms with van der Waals surface area (Å²) < 4.78 is 19.7. The Kier molecular flexibility index (Phi) is 9.36. The molecule has 0 heterocycles. The number of aliphatic hydroxyl groups is 1. The molecule has 0 rings (SSSR count). The minimum atomic E-state index is -2.67. The summed E-state index contributed by atoms with van der Waals surface area (Å²) in [6.45, 7) is 3.79.